The first kappa shape index (κ1) is 18.0. The van der Waals surface area contributed by atoms with Gasteiger partial charge in [0.05, 0.1) is 12.0 Å². The predicted molar refractivity (Wildman–Crippen MR) is 95.7 cm³/mol. The van der Waals surface area contributed by atoms with Crippen molar-refractivity contribution in [1.29, 1.82) is 0 Å². The zero-order valence-electron chi connectivity index (χ0n) is 14.0. The zero-order chi connectivity index (χ0) is 17.7. The highest BCUT2D eigenvalue weighted by molar-refractivity contribution is 6.30. The molecular formula is C19H21ClN2O2. The third-order valence-electron chi connectivity index (χ3n) is 3.41. The second-order valence-electron chi connectivity index (χ2n) is 6.52. The molecule has 0 heterocycles. The number of rotatable bonds is 3. The molecule has 0 aliphatic rings. The van der Waals surface area contributed by atoms with E-state index in [9.17, 15) is 9.59 Å². The first-order valence-corrected chi connectivity index (χ1v) is 8.09. The van der Waals surface area contributed by atoms with Gasteiger partial charge >= 0.3 is 0 Å². The first-order valence-electron chi connectivity index (χ1n) is 7.71. The molecule has 0 saturated heterocycles. The number of hydrogen-bond acceptors (Lipinski definition) is 2. The van der Waals surface area contributed by atoms with Crippen molar-refractivity contribution in [2.45, 2.75) is 32.7 Å². The van der Waals surface area contributed by atoms with Crippen LogP contribution in [0.5, 0.6) is 0 Å². The summed E-state index contributed by atoms with van der Waals surface area (Å²) in [4.78, 5) is 25.1. The quantitative estimate of drug-likeness (QED) is 0.860. The van der Waals surface area contributed by atoms with E-state index >= 15 is 0 Å². The number of halogens is 1. The normalized spacial score (nSPS) is 11.0. The van der Waals surface area contributed by atoms with Crippen LogP contribution in [0.2, 0.25) is 5.02 Å². The van der Waals surface area contributed by atoms with E-state index in [1.165, 1.54) is 5.01 Å². The molecule has 1 N–H and O–H groups in total. The monoisotopic (exact) mass is 344 g/mol. The summed E-state index contributed by atoms with van der Waals surface area (Å²) in [7, 11) is 0. The molecule has 0 aliphatic carbocycles. The van der Waals surface area contributed by atoms with Gasteiger partial charge in [-0.2, -0.15) is 0 Å². The van der Waals surface area contributed by atoms with Crippen LogP contribution < -0.4 is 5.43 Å². The van der Waals surface area contributed by atoms with Gasteiger partial charge in [0.25, 0.3) is 5.91 Å². The fourth-order valence-electron chi connectivity index (χ4n) is 2.19. The number of hydrogen-bond donors (Lipinski definition) is 1. The second-order valence-corrected chi connectivity index (χ2v) is 6.95. The Morgan fingerprint density at radius 1 is 1.00 bits per heavy atom. The van der Waals surface area contributed by atoms with Crippen LogP contribution >= 0.6 is 11.6 Å². The topological polar surface area (TPSA) is 49.4 Å². The summed E-state index contributed by atoms with van der Waals surface area (Å²) in [5.74, 6) is -0.515. The Labute approximate surface area is 147 Å². The van der Waals surface area contributed by atoms with Gasteiger partial charge in [-0.1, -0.05) is 41.9 Å². The molecule has 0 bridgehead atoms. The summed E-state index contributed by atoms with van der Waals surface area (Å²) in [6, 6.07) is 16.0. The van der Waals surface area contributed by atoms with Crippen molar-refractivity contribution in [1.82, 2.24) is 10.4 Å². The lowest BCUT2D eigenvalue weighted by atomic mass is 10.1. The molecule has 0 spiro atoms. The Bertz CT molecular complexity index is 706. The highest BCUT2D eigenvalue weighted by atomic mass is 35.5. The van der Waals surface area contributed by atoms with Crippen LogP contribution in [0.4, 0.5) is 0 Å². The number of nitrogens with one attached hydrogen (secondary N) is 1. The molecule has 0 aromatic heterocycles. The summed E-state index contributed by atoms with van der Waals surface area (Å²) >= 11 is 5.87. The van der Waals surface area contributed by atoms with Crippen molar-refractivity contribution in [3.63, 3.8) is 0 Å². The molecule has 5 heteroatoms. The Hall–Kier alpha value is -2.33. The molecule has 0 radical (unpaired) electrons. The van der Waals surface area contributed by atoms with Crippen LogP contribution in [0.25, 0.3) is 0 Å². The molecule has 4 nitrogen and oxygen atoms in total. The minimum absolute atomic E-state index is 0.210. The maximum absolute atomic E-state index is 12.8. The van der Waals surface area contributed by atoms with Crippen molar-refractivity contribution < 1.29 is 9.59 Å². The van der Waals surface area contributed by atoms with Gasteiger partial charge in [-0.05, 0) is 50.6 Å². The third-order valence-corrected chi connectivity index (χ3v) is 3.66. The summed E-state index contributed by atoms with van der Waals surface area (Å²) < 4.78 is 0. The fraction of sp³-hybridized carbons (Fsp3) is 0.263. The molecule has 2 rings (SSSR count). The Kier molecular flexibility index (Phi) is 5.62. The van der Waals surface area contributed by atoms with Gasteiger partial charge in [-0.25, -0.2) is 5.01 Å². The average Bonchev–Trinajstić information content (AvgIpc) is 2.52. The summed E-state index contributed by atoms with van der Waals surface area (Å²) in [5, 5.41) is 1.92. The number of carbonyl (C=O) groups excluding carboxylic acids is 2. The summed E-state index contributed by atoms with van der Waals surface area (Å²) in [6.07, 6.45) is 0.210. The molecule has 0 saturated carbocycles. The first-order chi connectivity index (χ1) is 11.3. The van der Waals surface area contributed by atoms with Gasteiger partial charge in [0.15, 0.2) is 0 Å². The van der Waals surface area contributed by atoms with E-state index in [0.717, 1.165) is 5.56 Å². The maximum atomic E-state index is 12.8. The molecule has 126 valence electrons. The molecule has 24 heavy (non-hydrogen) atoms. The van der Waals surface area contributed by atoms with Crippen LogP contribution in [0.1, 0.15) is 36.7 Å². The van der Waals surface area contributed by atoms with E-state index in [2.05, 4.69) is 5.43 Å². The Morgan fingerprint density at radius 3 is 2.12 bits per heavy atom. The van der Waals surface area contributed by atoms with Crippen LogP contribution in [-0.2, 0) is 11.2 Å². The van der Waals surface area contributed by atoms with E-state index in [-0.39, 0.29) is 18.2 Å². The predicted octanol–water partition coefficient (Wildman–Crippen LogP) is 3.85. The maximum Gasteiger partial charge on any atom is 0.272 e. The molecule has 0 unspecified atom stereocenters. The van der Waals surface area contributed by atoms with E-state index in [4.69, 9.17) is 11.6 Å². The molecular weight excluding hydrogens is 324 g/mol. The number of hydrazine groups is 1. The highest BCUT2D eigenvalue weighted by Gasteiger charge is 2.29. The van der Waals surface area contributed by atoms with Gasteiger partial charge in [0.2, 0.25) is 5.91 Å². The summed E-state index contributed by atoms with van der Waals surface area (Å²) in [6.45, 7) is 5.59. The third kappa shape index (κ3) is 4.83. The van der Waals surface area contributed by atoms with Gasteiger partial charge in [0, 0.05) is 10.6 Å². The minimum atomic E-state index is -0.566. The van der Waals surface area contributed by atoms with Gasteiger partial charge in [-0.3, -0.25) is 15.0 Å². The van der Waals surface area contributed by atoms with Crippen molar-refractivity contribution in [2.24, 2.45) is 0 Å². The highest BCUT2D eigenvalue weighted by Crippen LogP contribution is 2.17. The lowest BCUT2D eigenvalue weighted by molar-refractivity contribution is -0.126. The summed E-state index contributed by atoms with van der Waals surface area (Å²) in [5.41, 5.74) is 3.52. The van der Waals surface area contributed by atoms with E-state index in [0.29, 0.717) is 10.6 Å². The van der Waals surface area contributed by atoms with E-state index in [1.807, 2.05) is 51.1 Å². The van der Waals surface area contributed by atoms with E-state index < -0.39 is 5.54 Å². The van der Waals surface area contributed by atoms with Crippen LogP contribution in [0, 0.1) is 0 Å². The van der Waals surface area contributed by atoms with E-state index in [1.54, 1.807) is 24.3 Å². The number of nitrogens with zero attached hydrogens (tertiary/aromatic N) is 1. The number of amides is 2. The zero-order valence-corrected chi connectivity index (χ0v) is 14.8. The lowest BCUT2D eigenvalue weighted by Crippen LogP contribution is -2.56. The van der Waals surface area contributed by atoms with Gasteiger partial charge < -0.3 is 0 Å². The van der Waals surface area contributed by atoms with Crippen LogP contribution in [0.3, 0.4) is 0 Å². The van der Waals surface area contributed by atoms with Gasteiger partial charge in [-0.15, -0.1) is 0 Å². The van der Waals surface area contributed by atoms with Crippen molar-refractivity contribution in [3.8, 4) is 0 Å². The van der Waals surface area contributed by atoms with Gasteiger partial charge in [0.1, 0.15) is 0 Å². The molecule has 2 amide bonds. The fourth-order valence-corrected chi connectivity index (χ4v) is 2.32. The average molecular weight is 345 g/mol. The molecule has 0 fully saturated rings. The SMILES string of the molecule is CC(C)(C)N(NC(=O)Cc1ccccc1)C(=O)c1ccc(Cl)cc1. The Morgan fingerprint density at radius 2 is 1.58 bits per heavy atom. The minimum Gasteiger partial charge on any atom is -0.273 e. The lowest BCUT2D eigenvalue weighted by Gasteiger charge is -2.35. The molecule has 0 atom stereocenters. The standard InChI is InChI=1S/C19H21ClN2O2/c1-19(2,3)22(18(24)15-9-11-16(20)12-10-15)21-17(23)13-14-7-5-4-6-8-14/h4-12H,13H2,1-3H3,(H,21,23). The number of carbonyl (C=O) groups is 2. The number of benzene rings is 2. The Balaban J connectivity index is 2.15. The molecule has 2 aromatic carbocycles. The molecule has 0 aliphatic heterocycles. The van der Waals surface area contributed by atoms with Crippen molar-refractivity contribution >= 4 is 23.4 Å². The van der Waals surface area contributed by atoms with Crippen LogP contribution in [-0.4, -0.2) is 22.4 Å². The largest absolute Gasteiger partial charge is 0.273 e. The van der Waals surface area contributed by atoms with Crippen molar-refractivity contribution in [3.05, 3.63) is 70.7 Å². The molecule has 2 aromatic rings. The van der Waals surface area contributed by atoms with Crippen LogP contribution in [0.15, 0.2) is 54.6 Å². The second kappa shape index (κ2) is 7.49. The van der Waals surface area contributed by atoms with Crippen molar-refractivity contribution in [2.75, 3.05) is 0 Å². The smallest absolute Gasteiger partial charge is 0.272 e.